The van der Waals surface area contributed by atoms with Crippen LogP contribution in [-0.2, 0) is 6.42 Å². The Hall–Kier alpha value is -1.05. The summed E-state index contributed by atoms with van der Waals surface area (Å²) in [5.74, 6) is 0.670. The van der Waals surface area contributed by atoms with Gasteiger partial charge in [-0.25, -0.2) is 4.39 Å². The fourth-order valence-corrected chi connectivity index (χ4v) is 2.85. The lowest BCUT2D eigenvalue weighted by atomic mass is 9.85. The molecule has 0 atom stereocenters. The lowest BCUT2D eigenvalue weighted by Crippen LogP contribution is -2.06. The van der Waals surface area contributed by atoms with Crippen LogP contribution in [0.4, 0.5) is 10.1 Å². The first-order valence-electron chi connectivity index (χ1n) is 6.80. The maximum Gasteiger partial charge on any atom is 0.149 e. The molecule has 1 aliphatic carbocycles. The Morgan fingerprint density at radius 3 is 2.71 bits per heavy atom. The Morgan fingerprint density at radius 1 is 1.18 bits per heavy atom. The molecule has 2 heteroatoms. The van der Waals surface area contributed by atoms with Gasteiger partial charge in [-0.1, -0.05) is 50.7 Å². The highest BCUT2D eigenvalue weighted by Crippen LogP contribution is 2.28. The van der Waals surface area contributed by atoms with E-state index >= 15 is 0 Å². The van der Waals surface area contributed by atoms with E-state index in [0.29, 0.717) is 0 Å². The molecule has 2 rings (SSSR count). The van der Waals surface area contributed by atoms with Crippen molar-refractivity contribution in [3.63, 3.8) is 0 Å². The van der Waals surface area contributed by atoms with Gasteiger partial charge in [0.05, 0.1) is 5.69 Å². The fourth-order valence-electron chi connectivity index (χ4n) is 2.85. The van der Waals surface area contributed by atoms with Crippen LogP contribution >= 0.6 is 0 Å². The third-order valence-corrected chi connectivity index (χ3v) is 3.89. The summed E-state index contributed by atoms with van der Waals surface area (Å²) in [5.41, 5.74) is 6.62. The van der Waals surface area contributed by atoms with Crippen molar-refractivity contribution in [1.82, 2.24) is 0 Å². The molecule has 0 amide bonds. The summed E-state index contributed by atoms with van der Waals surface area (Å²) in [6.07, 6.45) is 10.1. The molecule has 0 saturated heterocycles. The molecule has 0 radical (unpaired) electrons. The van der Waals surface area contributed by atoms with E-state index < -0.39 is 0 Å². The Bertz CT molecular complexity index is 356. The quantitative estimate of drug-likeness (QED) is 0.773. The van der Waals surface area contributed by atoms with E-state index in [1.807, 2.05) is 12.1 Å². The molecule has 1 aliphatic rings. The van der Waals surface area contributed by atoms with Crippen LogP contribution in [0.25, 0.3) is 0 Å². The predicted octanol–water partition coefficient (Wildman–Crippen LogP) is 4.31. The van der Waals surface area contributed by atoms with Crippen molar-refractivity contribution in [1.29, 1.82) is 0 Å². The van der Waals surface area contributed by atoms with E-state index in [1.165, 1.54) is 38.5 Å². The molecule has 1 nitrogen and oxygen atoms in total. The lowest BCUT2D eigenvalue weighted by molar-refractivity contribution is 0.332. The van der Waals surface area contributed by atoms with Gasteiger partial charge >= 0.3 is 0 Å². The Balaban J connectivity index is 1.79. The van der Waals surface area contributed by atoms with Crippen molar-refractivity contribution in [2.45, 2.75) is 51.4 Å². The molecule has 1 aromatic carbocycles. The highest BCUT2D eigenvalue weighted by molar-refractivity contribution is 5.42. The SMILES string of the molecule is Nc1cccc(CCCC2CCCCC2)c1F. The van der Waals surface area contributed by atoms with Crippen LogP contribution in [-0.4, -0.2) is 0 Å². The van der Waals surface area contributed by atoms with Gasteiger partial charge in [0.15, 0.2) is 0 Å². The minimum Gasteiger partial charge on any atom is -0.396 e. The van der Waals surface area contributed by atoms with Crippen LogP contribution in [0.2, 0.25) is 0 Å². The summed E-state index contributed by atoms with van der Waals surface area (Å²) in [5, 5.41) is 0. The molecule has 94 valence electrons. The Labute approximate surface area is 103 Å². The van der Waals surface area contributed by atoms with Crippen molar-refractivity contribution in [3.05, 3.63) is 29.6 Å². The molecule has 1 aromatic rings. The highest BCUT2D eigenvalue weighted by atomic mass is 19.1. The topological polar surface area (TPSA) is 26.0 Å². The zero-order valence-electron chi connectivity index (χ0n) is 10.4. The molecular weight excluding hydrogens is 213 g/mol. The summed E-state index contributed by atoms with van der Waals surface area (Å²) >= 11 is 0. The molecule has 0 aliphatic heterocycles. The van der Waals surface area contributed by atoms with Crippen molar-refractivity contribution in [2.24, 2.45) is 5.92 Å². The molecule has 1 saturated carbocycles. The normalized spacial score (nSPS) is 17.2. The maximum absolute atomic E-state index is 13.6. The average molecular weight is 235 g/mol. The van der Waals surface area contributed by atoms with Gasteiger partial charge in [0.1, 0.15) is 5.82 Å². The summed E-state index contributed by atoms with van der Waals surface area (Å²) < 4.78 is 13.6. The van der Waals surface area contributed by atoms with Crippen LogP contribution in [0.1, 0.15) is 50.5 Å². The zero-order valence-corrected chi connectivity index (χ0v) is 10.4. The van der Waals surface area contributed by atoms with E-state index in [1.54, 1.807) is 6.07 Å². The molecule has 0 heterocycles. The number of rotatable bonds is 4. The maximum atomic E-state index is 13.6. The van der Waals surface area contributed by atoms with E-state index in [9.17, 15) is 4.39 Å². The van der Waals surface area contributed by atoms with E-state index in [-0.39, 0.29) is 11.5 Å². The van der Waals surface area contributed by atoms with Gasteiger partial charge in [0.25, 0.3) is 0 Å². The van der Waals surface area contributed by atoms with Gasteiger partial charge in [-0.2, -0.15) is 0 Å². The van der Waals surface area contributed by atoms with E-state index in [0.717, 1.165) is 24.3 Å². The standard InChI is InChI=1S/C15H22FN/c16-15-13(10-5-11-14(15)17)9-4-8-12-6-2-1-3-7-12/h5,10-12H,1-4,6-9,17H2. The Kier molecular flexibility index (Phi) is 4.41. The monoisotopic (exact) mass is 235 g/mol. The Morgan fingerprint density at radius 2 is 1.94 bits per heavy atom. The second kappa shape index (κ2) is 6.04. The van der Waals surface area contributed by atoms with Crippen LogP contribution in [0.15, 0.2) is 18.2 Å². The van der Waals surface area contributed by atoms with Gasteiger partial charge < -0.3 is 5.73 Å². The smallest absolute Gasteiger partial charge is 0.149 e. The summed E-state index contributed by atoms with van der Waals surface area (Å²) in [6.45, 7) is 0. The number of nitrogens with two attached hydrogens (primary N) is 1. The van der Waals surface area contributed by atoms with Crippen LogP contribution in [0.3, 0.4) is 0 Å². The van der Waals surface area contributed by atoms with Crippen LogP contribution in [0, 0.1) is 11.7 Å². The highest BCUT2D eigenvalue weighted by Gasteiger charge is 2.13. The largest absolute Gasteiger partial charge is 0.396 e. The minimum atomic E-state index is -0.212. The first-order chi connectivity index (χ1) is 8.27. The predicted molar refractivity (Wildman–Crippen MR) is 70.3 cm³/mol. The minimum absolute atomic E-state index is 0.212. The zero-order chi connectivity index (χ0) is 12.1. The van der Waals surface area contributed by atoms with Crippen LogP contribution in [0.5, 0.6) is 0 Å². The van der Waals surface area contributed by atoms with E-state index in [4.69, 9.17) is 5.73 Å². The molecule has 1 fully saturated rings. The first kappa shape index (κ1) is 12.4. The number of nitrogen functional groups attached to an aromatic ring is 1. The molecule has 0 aromatic heterocycles. The third-order valence-electron chi connectivity index (χ3n) is 3.89. The molecule has 17 heavy (non-hydrogen) atoms. The van der Waals surface area contributed by atoms with Crippen molar-refractivity contribution >= 4 is 5.69 Å². The fraction of sp³-hybridized carbons (Fsp3) is 0.600. The molecule has 0 spiro atoms. The van der Waals surface area contributed by atoms with Crippen molar-refractivity contribution in [3.8, 4) is 0 Å². The number of anilines is 1. The van der Waals surface area contributed by atoms with E-state index in [2.05, 4.69) is 0 Å². The first-order valence-corrected chi connectivity index (χ1v) is 6.80. The van der Waals surface area contributed by atoms with Gasteiger partial charge in [-0.3, -0.25) is 0 Å². The second-order valence-electron chi connectivity index (χ2n) is 5.22. The number of hydrogen-bond acceptors (Lipinski definition) is 1. The summed E-state index contributed by atoms with van der Waals surface area (Å²) in [7, 11) is 0. The molecule has 2 N–H and O–H groups in total. The molecular formula is C15H22FN. The number of hydrogen-bond donors (Lipinski definition) is 1. The number of benzene rings is 1. The summed E-state index contributed by atoms with van der Waals surface area (Å²) in [6, 6.07) is 5.32. The third kappa shape index (κ3) is 3.45. The van der Waals surface area contributed by atoms with Crippen molar-refractivity contribution in [2.75, 3.05) is 5.73 Å². The van der Waals surface area contributed by atoms with Crippen LogP contribution < -0.4 is 5.73 Å². The lowest BCUT2D eigenvalue weighted by Gasteiger charge is -2.21. The average Bonchev–Trinajstić information content (AvgIpc) is 2.36. The summed E-state index contributed by atoms with van der Waals surface area (Å²) in [4.78, 5) is 0. The second-order valence-corrected chi connectivity index (χ2v) is 5.22. The number of halogens is 1. The molecule has 0 unspecified atom stereocenters. The molecule has 0 bridgehead atoms. The van der Waals surface area contributed by atoms with Gasteiger partial charge in [0, 0.05) is 0 Å². The van der Waals surface area contributed by atoms with Gasteiger partial charge in [-0.15, -0.1) is 0 Å². The number of aryl methyl sites for hydroxylation is 1. The van der Waals surface area contributed by atoms with Crippen molar-refractivity contribution < 1.29 is 4.39 Å². The van der Waals surface area contributed by atoms with Gasteiger partial charge in [-0.05, 0) is 30.4 Å². The van der Waals surface area contributed by atoms with Gasteiger partial charge in [0.2, 0.25) is 0 Å².